The van der Waals surface area contributed by atoms with Gasteiger partial charge in [-0.05, 0) is 44.4 Å². The van der Waals surface area contributed by atoms with Crippen LogP contribution in [-0.2, 0) is 20.9 Å². The Morgan fingerprint density at radius 2 is 1.80 bits per heavy atom. The van der Waals surface area contributed by atoms with Gasteiger partial charge in [0.1, 0.15) is 6.54 Å². The van der Waals surface area contributed by atoms with Gasteiger partial charge in [-0.2, -0.15) is 5.10 Å². The van der Waals surface area contributed by atoms with Crippen molar-refractivity contribution in [3.8, 4) is 0 Å². The highest BCUT2D eigenvalue weighted by molar-refractivity contribution is 5.92. The van der Waals surface area contributed by atoms with Gasteiger partial charge >= 0.3 is 0 Å². The average Bonchev–Trinajstić information content (AvgIpc) is 3.07. The molecular weight excluding hydrogens is 382 g/mol. The molecule has 1 saturated heterocycles. The SMILES string of the molecule is Cc1cc(C)n(CC(=O)NNC(=O)C2CCN(C(=O)/C=C/c3ccccc3)CC2)n1. The van der Waals surface area contributed by atoms with E-state index in [2.05, 4.69) is 16.0 Å². The average molecular weight is 409 g/mol. The first-order chi connectivity index (χ1) is 14.4. The molecule has 0 aliphatic carbocycles. The fraction of sp³-hybridized carbons (Fsp3) is 0.364. The van der Waals surface area contributed by atoms with E-state index in [4.69, 9.17) is 0 Å². The molecule has 0 atom stereocenters. The molecule has 0 spiro atoms. The zero-order valence-corrected chi connectivity index (χ0v) is 17.3. The Labute approximate surface area is 175 Å². The van der Waals surface area contributed by atoms with Crippen molar-refractivity contribution in [2.45, 2.75) is 33.2 Å². The highest BCUT2D eigenvalue weighted by Gasteiger charge is 2.26. The fourth-order valence-electron chi connectivity index (χ4n) is 3.44. The first kappa shape index (κ1) is 21.3. The van der Waals surface area contributed by atoms with Crippen molar-refractivity contribution in [3.05, 3.63) is 59.4 Å². The zero-order chi connectivity index (χ0) is 21.5. The van der Waals surface area contributed by atoms with Crippen LogP contribution < -0.4 is 10.9 Å². The van der Waals surface area contributed by atoms with Crippen molar-refractivity contribution in [3.63, 3.8) is 0 Å². The van der Waals surface area contributed by atoms with Gasteiger partial charge in [-0.15, -0.1) is 0 Å². The van der Waals surface area contributed by atoms with Crippen LogP contribution in [0.1, 0.15) is 29.8 Å². The topological polar surface area (TPSA) is 96.3 Å². The molecule has 1 aromatic heterocycles. The van der Waals surface area contributed by atoms with E-state index in [1.807, 2.05) is 50.2 Å². The molecule has 3 amide bonds. The number of aryl methyl sites for hydroxylation is 2. The molecule has 2 N–H and O–H groups in total. The van der Waals surface area contributed by atoms with Crippen molar-refractivity contribution in [2.75, 3.05) is 13.1 Å². The summed E-state index contributed by atoms with van der Waals surface area (Å²) >= 11 is 0. The number of hydrogen-bond acceptors (Lipinski definition) is 4. The molecule has 2 aromatic rings. The molecule has 1 aliphatic rings. The number of nitrogens with one attached hydrogen (secondary N) is 2. The van der Waals surface area contributed by atoms with Gasteiger partial charge in [0.05, 0.1) is 5.69 Å². The minimum absolute atomic E-state index is 0.0423. The number of carbonyl (C=O) groups excluding carboxylic acids is 3. The van der Waals surface area contributed by atoms with Gasteiger partial charge in [0.25, 0.3) is 5.91 Å². The smallest absolute Gasteiger partial charge is 0.260 e. The number of aromatic nitrogens is 2. The van der Waals surface area contributed by atoms with E-state index < -0.39 is 0 Å². The number of hydrazine groups is 1. The Morgan fingerprint density at radius 3 is 2.43 bits per heavy atom. The Kier molecular flexibility index (Phi) is 7.00. The third-order valence-corrected chi connectivity index (χ3v) is 5.12. The number of benzene rings is 1. The van der Waals surface area contributed by atoms with Crippen molar-refractivity contribution >= 4 is 23.8 Å². The summed E-state index contributed by atoms with van der Waals surface area (Å²) in [5, 5.41) is 4.23. The van der Waals surface area contributed by atoms with Gasteiger partial charge in [-0.1, -0.05) is 30.3 Å². The molecule has 1 aliphatic heterocycles. The lowest BCUT2D eigenvalue weighted by Crippen LogP contribution is -2.48. The van der Waals surface area contributed by atoms with E-state index in [0.29, 0.717) is 25.9 Å². The normalized spacial score (nSPS) is 14.7. The molecule has 0 radical (unpaired) electrons. The summed E-state index contributed by atoms with van der Waals surface area (Å²) in [7, 11) is 0. The Morgan fingerprint density at radius 1 is 1.10 bits per heavy atom. The van der Waals surface area contributed by atoms with Crippen LogP contribution in [0, 0.1) is 19.8 Å². The minimum Gasteiger partial charge on any atom is -0.339 e. The van der Waals surface area contributed by atoms with E-state index in [0.717, 1.165) is 17.0 Å². The number of piperidine rings is 1. The molecule has 0 unspecified atom stereocenters. The third kappa shape index (κ3) is 5.79. The van der Waals surface area contributed by atoms with Crippen LogP contribution in [0.4, 0.5) is 0 Å². The van der Waals surface area contributed by atoms with Crippen LogP contribution in [0.25, 0.3) is 6.08 Å². The molecule has 0 bridgehead atoms. The van der Waals surface area contributed by atoms with E-state index >= 15 is 0 Å². The fourth-order valence-corrected chi connectivity index (χ4v) is 3.44. The quantitative estimate of drug-likeness (QED) is 0.579. The zero-order valence-electron chi connectivity index (χ0n) is 17.3. The molecule has 30 heavy (non-hydrogen) atoms. The van der Waals surface area contributed by atoms with Crippen LogP contribution >= 0.6 is 0 Å². The molecule has 158 valence electrons. The van der Waals surface area contributed by atoms with Crippen molar-refractivity contribution in [1.82, 2.24) is 25.5 Å². The van der Waals surface area contributed by atoms with Gasteiger partial charge < -0.3 is 4.90 Å². The molecular formula is C22H27N5O3. The van der Waals surface area contributed by atoms with Gasteiger partial charge in [0, 0.05) is 30.8 Å². The Balaban J connectivity index is 1.40. The predicted molar refractivity (Wildman–Crippen MR) is 113 cm³/mol. The molecule has 8 nitrogen and oxygen atoms in total. The van der Waals surface area contributed by atoms with E-state index in [-0.39, 0.29) is 30.2 Å². The monoisotopic (exact) mass is 409 g/mol. The van der Waals surface area contributed by atoms with Gasteiger partial charge in [0.2, 0.25) is 11.8 Å². The molecule has 8 heteroatoms. The second-order valence-electron chi connectivity index (χ2n) is 7.47. The summed E-state index contributed by atoms with van der Waals surface area (Å²) in [4.78, 5) is 38.5. The lowest BCUT2D eigenvalue weighted by atomic mass is 9.96. The van der Waals surface area contributed by atoms with Crippen LogP contribution in [0.3, 0.4) is 0 Å². The van der Waals surface area contributed by atoms with E-state index in [1.54, 1.807) is 21.7 Å². The van der Waals surface area contributed by atoms with Crippen LogP contribution in [0.15, 0.2) is 42.5 Å². The predicted octanol–water partition coefficient (Wildman–Crippen LogP) is 1.60. The number of nitrogens with zero attached hydrogens (tertiary/aromatic N) is 3. The first-order valence-electron chi connectivity index (χ1n) is 10.0. The minimum atomic E-state index is -0.340. The summed E-state index contributed by atoms with van der Waals surface area (Å²) in [6.07, 6.45) is 4.47. The second kappa shape index (κ2) is 9.87. The number of likely N-dealkylation sites (tertiary alicyclic amines) is 1. The lowest BCUT2D eigenvalue weighted by Gasteiger charge is -2.30. The van der Waals surface area contributed by atoms with E-state index in [1.165, 1.54) is 0 Å². The molecule has 2 heterocycles. The van der Waals surface area contributed by atoms with Crippen molar-refractivity contribution in [2.24, 2.45) is 5.92 Å². The maximum Gasteiger partial charge on any atom is 0.260 e. The van der Waals surface area contributed by atoms with Crippen LogP contribution in [0.2, 0.25) is 0 Å². The summed E-state index contributed by atoms with van der Waals surface area (Å²) in [5.74, 6) is -0.867. The summed E-state index contributed by atoms with van der Waals surface area (Å²) < 4.78 is 1.59. The molecule has 0 saturated carbocycles. The first-order valence-corrected chi connectivity index (χ1v) is 10.0. The van der Waals surface area contributed by atoms with Gasteiger partial charge in [0.15, 0.2) is 0 Å². The van der Waals surface area contributed by atoms with E-state index in [9.17, 15) is 14.4 Å². The van der Waals surface area contributed by atoms with Gasteiger partial charge in [-0.25, -0.2) is 0 Å². The highest BCUT2D eigenvalue weighted by Crippen LogP contribution is 2.17. The van der Waals surface area contributed by atoms with Crippen LogP contribution in [-0.4, -0.2) is 45.5 Å². The molecule has 1 fully saturated rings. The molecule has 1 aromatic carbocycles. The summed E-state index contributed by atoms with van der Waals surface area (Å²) in [6.45, 7) is 4.79. The van der Waals surface area contributed by atoms with Crippen LogP contribution in [0.5, 0.6) is 0 Å². The largest absolute Gasteiger partial charge is 0.339 e. The van der Waals surface area contributed by atoms with Crippen molar-refractivity contribution in [1.29, 1.82) is 0 Å². The standard InChI is InChI=1S/C22H27N5O3/c1-16-14-17(2)27(25-16)15-20(28)23-24-22(30)19-10-12-26(13-11-19)21(29)9-8-18-6-4-3-5-7-18/h3-9,14,19H,10-13,15H2,1-2H3,(H,23,28)(H,24,30)/b9-8+. The second-order valence-corrected chi connectivity index (χ2v) is 7.47. The number of amides is 3. The van der Waals surface area contributed by atoms with Crippen molar-refractivity contribution < 1.29 is 14.4 Å². The third-order valence-electron chi connectivity index (χ3n) is 5.12. The number of carbonyl (C=O) groups is 3. The maximum absolute atomic E-state index is 12.3. The van der Waals surface area contributed by atoms with Gasteiger partial charge in [-0.3, -0.25) is 29.9 Å². The lowest BCUT2D eigenvalue weighted by molar-refractivity contribution is -0.134. The summed E-state index contributed by atoms with van der Waals surface area (Å²) in [5.41, 5.74) is 7.63. The Hall–Kier alpha value is -3.42. The molecule has 3 rings (SSSR count). The highest BCUT2D eigenvalue weighted by atomic mass is 16.2. The summed E-state index contributed by atoms with van der Waals surface area (Å²) in [6, 6.07) is 11.5. The Bertz CT molecular complexity index is 928. The maximum atomic E-state index is 12.3. The number of rotatable bonds is 5. The number of hydrogen-bond donors (Lipinski definition) is 2.